The van der Waals surface area contributed by atoms with Crippen molar-refractivity contribution in [1.29, 1.82) is 0 Å². The highest BCUT2D eigenvalue weighted by Crippen LogP contribution is 2.18. The highest BCUT2D eigenvalue weighted by atomic mass is 35.5. The third kappa shape index (κ3) is 2.21. The van der Waals surface area contributed by atoms with Crippen molar-refractivity contribution < 1.29 is 4.79 Å². The fraction of sp³-hybridized carbons (Fsp3) is 0.750. The number of carbonyl (C=O) groups is 1. The summed E-state index contributed by atoms with van der Waals surface area (Å²) in [6.07, 6.45) is 0. The summed E-state index contributed by atoms with van der Waals surface area (Å²) < 4.78 is 0. The molecule has 0 N–H and O–H groups in total. The third-order valence-electron chi connectivity index (χ3n) is 0.661. The number of alkyl halides is 2. The van der Waals surface area contributed by atoms with Crippen molar-refractivity contribution in [3.63, 3.8) is 0 Å². The van der Waals surface area contributed by atoms with E-state index >= 15 is 0 Å². The Labute approximate surface area is 62.9 Å². The summed E-state index contributed by atoms with van der Waals surface area (Å²) in [5.41, 5.74) is 0. The first kappa shape index (κ1) is 8.54. The Hall–Kier alpha value is 0.540. The van der Waals surface area contributed by atoms with Gasteiger partial charge < -0.3 is 0 Å². The summed E-state index contributed by atoms with van der Waals surface area (Å²) in [4.78, 5) is 9.15. The van der Waals surface area contributed by atoms with E-state index in [2.05, 4.69) is 0 Å². The van der Waals surface area contributed by atoms with E-state index in [4.69, 9.17) is 34.8 Å². The number of halogens is 3. The van der Waals surface area contributed by atoms with E-state index < -0.39 is 10.1 Å². The first-order valence-electron chi connectivity index (χ1n) is 1.95. The molecule has 1 nitrogen and oxygen atoms in total. The zero-order valence-corrected chi connectivity index (χ0v) is 6.52. The minimum absolute atomic E-state index is 0.0386. The van der Waals surface area contributed by atoms with Crippen molar-refractivity contribution >= 4 is 40.0 Å². The second kappa shape index (κ2) is 2.90. The summed E-state index contributed by atoms with van der Waals surface area (Å²) in [7, 11) is 0. The molecule has 0 rings (SSSR count). The van der Waals surface area contributed by atoms with Gasteiger partial charge in [0.15, 0.2) is 0 Å². The van der Waals surface area contributed by atoms with Crippen LogP contribution in [0.1, 0.15) is 6.92 Å². The van der Waals surface area contributed by atoms with Crippen LogP contribution >= 0.6 is 34.8 Å². The van der Waals surface area contributed by atoms with Gasteiger partial charge >= 0.3 is 0 Å². The van der Waals surface area contributed by atoms with Gasteiger partial charge in [-0.1, -0.05) is 0 Å². The zero-order chi connectivity index (χ0) is 6.78. The lowest BCUT2D eigenvalue weighted by molar-refractivity contribution is -0.113. The molecule has 4 heteroatoms. The van der Waals surface area contributed by atoms with Crippen molar-refractivity contribution in [3.8, 4) is 0 Å². The van der Waals surface area contributed by atoms with Gasteiger partial charge in [-0.05, 0) is 18.5 Å². The van der Waals surface area contributed by atoms with Gasteiger partial charge in [-0.15, -0.1) is 23.2 Å². The largest absolute Gasteiger partial charge is 0.279 e. The van der Waals surface area contributed by atoms with Crippen molar-refractivity contribution in [2.75, 3.05) is 5.88 Å². The van der Waals surface area contributed by atoms with E-state index in [1.165, 1.54) is 6.92 Å². The molecular formula is C4H5Cl3O. The van der Waals surface area contributed by atoms with Crippen LogP contribution in [0.2, 0.25) is 0 Å². The number of carbonyl (C=O) groups excluding carboxylic acids is 1. The molecule has 0 aromatic carbocycles. The zero-order valence-electron chi connectivity index (χ0n) is 4.25. The van der Waals surface area contributed by atoms with Crippen LogP contribution in [0.5, 0.6) is 0 Å². The summed E-state index contributed by atoms with van der Waals surface area (Å²) in [6.45, 7) is 1.47. The Balaban J connectivity index is 3.91. The fourth-order valence-corrected chi connectivity index (χ4v) is 0.309. The minimum Gasteiger partial charge on any atom is -0.279 e. The molecule has 0 bridgehead atoms. The van der Waals surface area contributed by atoms with Crippen LogP contribution in [0.3, 0.4) is 0 Å². The van der Waals surface area contributed by atoms with Gasteiger partial charge in [-0.2, -0.15) is 0 Å². The van der Waals surface area contributed by atoms with Crippen LogP contribution < -0.4 is 0 Å². The van der Waals surface area contributed by atoms with Gasteiger partial charge in [0.1, 0.15) is 4.87 Å². The quantitative estimate of drug-likeness (QED) is 0.463. The molecule has 0 aliphatic carbocycles. The van der Waals surface area contributed by atoms with Crippen LogP contribution in [0, 0.1) is 0 Å². The van der Waals surface area contributed by atoms with E-state index in [0.29, 0.717) is 0 Å². The Morgan fingerprint density at radius 3 is 2.12 bits per heavy atom. The molecule has 0 radical (unpaired) electrons. The summed E-state index contributed by atoms with van der Waals surface area (Å²) in [5.74, 6) is 0.0386. The Morgan fingerprint density at radius 1 is 1.75 bits per heavy atom. The van der Waals surface area contributed by atoms with Crippen molar-refractivity contribution in [1.82, 2.24) is 0 Å². The molecule has 0 amide bonds. The predicted molar refractivity (Wildman–Crippen MR) is 35.8 cm³/mol. The lowest BCUT2D eigenvalue weighted by Gasteiger charge is -2.10. The van der Waals surface area contributed by atoms with E-state index in [-0.39, 0.29) is 5.88 Å². The fourth-order valence-electron chi connectivity index (χ4n) is 0.0525. The standard InChI is InChI=1S/C4H5Cl3O/c1-4(7,2-5)3(6)8/h2H2,1H3. The molecule has 0 saturated carbocycles. The number of rotatable bonds is 2. The van der Waals surface area contributed by atoms with Gasteiger partial charge in [0, 0.05) is 5.88 Å². The lowest BCUT2D eigenvalue weighted by Crippen LogP contribution is -2.26. The smallest absolute Gasteiger partial charge is 0.243 e. The molecule has 0 aliphatic rings. The molecule has 0 saturated heterocycles. The Bertz CT molecular complexity index is 99.5. The molecule has 1 atom stereocenters. The molecule has 0 aliphatic heterocycles. The van der Waals surface area contributed by atoms with Gasteiger partial charge in [0.2, 0.25) is 5.24 Å². The van der Waals surface area contributed by atoms with E-state index in [1.54, 1.807) is 0 Å². The number of hydrogen-bond acceptors (Lipinski definition) is 1. The normalized spacial score (nSPS) is 17.5. The predicted octanol–water partition coefficient (Wildman–Crippen LogP) is 1.99. The second-order valence-electron chi connectivity index (χ2n) is 1.60. The van der Waals surface area contributed by atoms with Crippen LogP contribution in [-0.2, 0) is 4.79 Å². The van der Waals surface area contributed by atoms with Gasteiger partial charge in [-0.3, -0.25) is 4.79 Å². The Morgan fingerprint density at radius 2 is 2.12 bits per heavy atom. The van der Waals surface area contributed by atoms with E-state index in [1.807, 2.05) is 0 Å². The molecule has 0 aromatic heterocycles. The van der Waals surface area contributed by atoms with Gasteiger partial charge in [-0.25, -0.2) is 0 Å². The first-order chi connectivity index (χ1) is 3.50. The van der Waals surface area contributed by atoms with Crippen molar-refractivity contribution in [2.45, 2.75) is 11.8 Å². The van der Waals surface area contributed by atoms with Crippen LogP contribution in [0.25, 0.3) is 0 Å². The maximum absolute atomic E-state index is 10.2. The lowest BCUT2D eigenvalue weighted by atomic mass is 10.2. The molecule has 0 fully saturated rings. The monoisotopic (exact) mass is 174 g/mol. The molecular weight excluding hydrogens is 170 g/mol. The summed E-state index contributed by atoms with van der Waals surface area (Å²) >= 11 is 15.7. The van der Waals surface area contributed by atoms with E-state index in [9.17, 15) is 4.79 Å². The summed E-state index contributed by atoms with van der Waals surface area (Å²) in [5, 5.41) is -0.617. The maximum Gasteiger partial charge on any atom is 0.243 e. The van der Waals surface area contributed by atoms with Crippen molar-refractivity contribution in [3.05, 3.63) is 0 Å². The molecule has 48 valence electrons. The SMILES string of the molecule is CC(Cl)(CCl)C(=O)Cl. The Kier molecular flexibility index (Phi) is 3.10. The third-order valence-corrected chi connectivity index (χ3v) is 2.15. The van der Waals surface area contributed by atoms with E-state index in [0.717, 1.165) is 0 Å². The van der Waals surface area contributed by atoms with Gasteiger partial charge in [0.25, 0.3) is 0 Å². The topological polar surface area (TPSA) is 17.1 Å². The first-order valence-corrected chi connectivity index (χ1v) is 3.24. The van der Waals surface area contributed by atoms with Crippen LogP contribution in [0.15, 0.2) is 0 Å². The van der Waals surface area contributed by atoms with Crippen LogP contribution in [-0.4, -0.2) is 16.0 Å². The average Bonchev–Trinajstić information content (AvgIpc) is 1.67. The summed E-state index contributed by atoms with van der Waals surface area (Å²) in [6, 6.07) is 0. The molecule has 1 unspecified atom stereocenters. The molecule has 0 spiro atoms. The minimum atomic E-state index is -1.09. The maximum atomic E-state index is 10.2. The average molecular weight is 175 g/mol. The second-order valence-corrected chi connectivity index (χ2v) is 3.05. The molecule has 0 aromatic rings. The molecule has 0 heterocycles. The van der Waals surface area contributed by atoms with Gasteiger partial charge in [0.05, 0.1) is 0 Å². The highest BCUT2D eigenvalue weighted by molar-refractivity contribution is 6.71. The van der Waals surface area contributed by atoms with Crippen molar-refractivity contribution in [2.24, 2.45) is 0 Å². The molecule has 8 heavy (non-hydrogen) atoms. The number of hydrogen-bond donors (Lipinski definition) is 0. The van der Waals surface area contributed by atoms with Crippen LogP contribution in [0.4, 0.5) is 0 Å². The highest BCUT2D eigenvalue weighted by Gasteiger charge is 2.27.